The minimum atomic E-state index is -0.525. The van der Waals surface area contributed by atoms with Crippen LogP contribution < -0.4 is 10.6 Å². The van der Waals surface area contributed by atoms with E-state index in [9.17, 15) is 9.59 Å². The summed E-state index contributed by atoms with van der Waals surface area (Å²) in [6.45, 7) is 3.08. The van der Waals surface area contributed by atoms with Crippen molar-refractivity contribution in [2.24, 2.45) is 0 Å². The molecule has 0 saturated heterocycles. The van der Waals surface area contributed by atoms with Crippen molar-refractivity contribution >= 4 is 35.0 Å². The molecule has 0 unspecified atom stereocenters. The molecule has 2 aromatic heterocycles. The average Bonchev–Trinajstić information content (AvgIpc) is 3.28. The summed E-state index contributed by atoms with van der Waals surface area (Å²) in [4.78, 5) is 22.6. The standard InChI is InChI=1S/C17H22N4O5S/c1-3-25-15(22)5-4-8-18-17(27)20-12-9-19-21(10-12)11-13-6-7-14(26-13)16(23)24-2/h6-7,9-10H,3-5,8,11H2,1-2H3,(H2,18,20,27). The lowest BCUT2D eigenvalue weighted by Gasteiger charge is -2.08. The van der Waals surface area contributed by atoms with Crippen LogP contribution in [0.25, 0.3) is 0 Å². The third kappa shape index (κ3) is 6.74. The van der Waals surface area contributed by atoms with Gasteiger partial charge in [-0.25, -0.2) is 4.79 Å². The molecule has 9 nitrogen and oxygen atoms in total. The second-order valence-corrected chi connectivity index (χ2v) is 5.88. The van der Waals surface area contributed by atoms with E-state index in [4.69, 9.17) is 21.4 Å². The molecule has 2 rings (SSSR count). The number of nitrogens with zero attached hydrogens (tertiary/aromatic N) is 2. The number of thiocarbonyl (C=S) groups is 1. The summed E-state index contributed by atoms with van der Waals surface area (Å²) in [6, 6.07) is 3.25. The summed E-state index contributed by atoms with van der Waals surface area (Å²) in [7, 11) is 1.30. The number of methoxy groups -OCH3 is 1. The van der Waals surface area contributed by atoms with Crippen LogP contribution in [0.1, 0.15) is 36.1 Å². The lowest BCUT2D eigenvalue weighted by Crippen LogP contribution is -2.29. The number of nitrogens with one attached hydrogen (secondary N) is 2. The van der Waals surface area contributed by atoms with Gasteiger partial charge in [-0.3, -0.25) is 9.48 Å². The van der Waals surface area contributed by atoms with E-state index >= 15 is 0 Å². The van der Waals surface area contributed by atoms with E-state index in [1.165, 1.54) is 7.11 Å². The third-order valence-electron chi connectivity index (χ3n) is 3.41. The fraction of sp³-hybridized carbons (Fsp3) is 0.412. The van der Waals surface area contributed by atoms with E-state index in [1.54, 1.807) is 36.1 Å². The first-order valence-electron chi connectivity index (χ1n) is 8.41. The van der Waals surface area contributed by atoms with Crippen molar-refractivity contribution in [3.05, 3.63) is 36.0 Å². The Labute approximate surface area is 162 Å². The zero-order chi connectivity index (χ0) is 19.6. The molecule has 2 aromatic rings. The largest absolute Gasteiger partial charge is 0.466 e. The maximum atomic E-state index is 11.4. The monoisotopic (exact) mass is 394 g/mol. The average molecular weight is 394 g/mol. The van der Waals surface area contributed by atoms with Crippen LogP contribution >= 0.6 is 12.2 Å². The molecule has 0 spiro atoms. The first-order chi connectivity index (χ1) is 13.0. The normalized spacial score (nSPS) is 10.3. The van der Waals surface area contributed by atoms with Crippen molar-refractivity contribution in [2.45, 2.75) is 26.3 Å². The lowest BCUT2D eigenvalue weighted by molar-refractivity contribution is -0.143. The number of carbonyl (C=O) groups excluding carboxylic acids is 2. The Balaban J connectivity index is 1.75. The molecule has 2 N–H and O–H groups in total. The molecule has 0 bridgehead atoms. The molecule has 10 heteroatoms. The highest BCUT2D eigenvalue weighted by atomic mass is 32.1. The number of hydrogen-bond acceptors (Lipinski definition) is 7. The minimum absolute atomic E-state index is 0.145. The predicted octanol–water partition coefficient (Wildman–Crippen LogP) is 1.94. The molecule has 27 heavy (non-hydrogen) atoms. The number of hydrogen-bond donors (Lipinski definition) is 2. The molecule has 0 aliphatic carbocycles. The van der Waals surface area contributed by atoms with Crippen molar-refractivity contribution in [1.82, 2.24) is 15.1 Å². The van der Waals surface area contributed by atoms with Crippen molar-refractivity contribution in [3.8, 4) is 0 Å². The van der Waals surface area contributed by atoms with Gasteiger partial charge in [-0.15, -0.1) is 0 Å². The molecule has 0 aliphatic heterocycles. The molecule has 0 saturated carbocycles. The SMILES string of the molecule is CCOC(=O)CCCNC(=S)Nc1cnn(Cc2ccc(C(=O)OC)o2)c1. The molecule has 2 heterocycles. The van der Waals surface area contributed by atoms with Crippen LogP contribution in [-0.4, -0.2) is 47.1 Å². The first-order valence-corrected chi connectivity index (χ1v) is 8.82. The molecule has 0 atom stereocenters. The molecular formula is C17H22N4O5S. The second-order valence-electron chi connectivity index (χ2n) is 5.47. The van der Waals surface area contributed by atoms with Gasteiger partial charge in [0.15, 0.2) is 5.11 Å². The van der Waals surface area contributed by atoms with E-state index in [-0.39, 0.29) is 11.7 Å². The number of aromatic nitrogens is 2. The van der Waals surface area contributed by atoms with Crippen LogP contribution in [0.4, 0.5) is 5.69 Å². The van der Waals surface area contributed by atoms with Gasteiger partial charge in [0, 0.05) is 19.2 Å². The van der Waals surface area contributed by atoms with E-state index in [1.807, 2.05) is 0 Å². The summed E-state index contributed by atoms with van der Waals surface area (Å²) in [5.74, 6) is -0.0212. The van der Waals surface area contributed by atoms with Gasteiger partial charge in [0.05, 0.1) is 32.1 Å². The van der Waals surface area contributed by atoms with Crippen LogP contribution in [0.5, 0.6) is 0 Å². The Bertz CT molecular complexity index is 786. The smallest absolute Gasteiger partial charge is 0.373 e. The minimum Gasteiger partial charge on any atom is -0.466 e. The highest BCUT2D eigenvalue weighted by Gasteiger charge is 2.11. The fourth-order valence-electron chi connectivity index (χ4n) is 2.19. The van der Waals surface area contributed by atoms with Gasteiger partial charge in [0.2, 0.25) is 5.76 Å². The van der Waals surface area contributed by atoms with Gasteiger partial charge in [0.1, 0.15) is 5.76 Å². The Hall–Kier alpha value is -2.88. The van der Waals surface area contributed by atoms with Crippen molar-refractivity contribution in [2.75, 3.05) is 25.6 Å². The Kier molecular flexibility index (Phi) is 7.80. The highest BCUT2D eigenvalue weighted by molar-refractivity contribution is 7.80. The number of carbonyl (C=O) groups is 2. The van der Waals surface area contributed by atoms with Crippen molar-refractivity contribution in [1.29, 1.82) is 0 Å². The van der Waals surface area contributed by atoms with Crippen LogP contribution in [0.15, 0.2) is 28.9 Å². The van der Waals surface area contributed by atoms with E-state index in [0.29, 0.717) is 49.1 Å². The summed E-state index contributed by atoms with van der Waals surface area (Å²) in [6.07, 6.45) is 4.35. The van der Waals surface area contributed by atoms with Gasteiger partial charge in [-0.05, 0) is 37.7 Å². The number of rotatable bonds is 9. The van der Waals surface area contributed by atoms with Crippen LogP contribution in [-0.2, 0) is 20.8 Å². The van der Waals surface area contributed by atoms with Crippen LogP contribution in [0.2, 0.25) is 0 Å². The summed E-state index contributed by atoms with van der Waals surface area (Å²) in [5, 5.41) is 10.7. The van der Waals surface area contributed by atoms with Crippen molar-refractivity contribution in [3.63, 3.8) is 0 Å². The highest BCUT2D eigenvalue weighted by Crippen LogP contribution is 2.12. The molecule has 0 fully saturated rings. The first kappa shape index (κ1) is 20.4. The third-order valence-corrected chi connectivity index (χ3v) is 3.65. The molecular weight excluding hydrogens is 372 g/mol. The quantitative estimate of drug-likeness (QED) is 0.375. The van der Waals surface area contributed by atoms with Gasteiger partial charge in [0.25, 0.3) is 0 Å². The molecule has 0 amide bonds. The van der Waals surface area contributed by atoms with Crippen molar-refractivity contribution < 1.29 is 23.5 Å². The maximum Gasteiger partial charge on any atom is 0.373 e. The molecule has 146 valence electrons. The van der Waals surface area contributed by atoms with Gasteiger partial charge >= 0.3 is 11.9 Å². The second kappa shape index (κ2) is 10.3. The molecule has 0 aromatic carbocycles. The summed E-state index contributed by atoms with van der Waals surface area (Å²) >= 11 is 5.21. The molecule has 0 aliphatic rings. The van der Waals surface area contributed by atoms with Crippen LogP contribution in [0, 0.1) is 0 Å². The van der Waals surface area contributed by atoms with Gasteiger partial charge < -0.3 is 24.5 Å². The zero-order valence-corrected chi connectivity index (χ0v) is 16.0. The number of anilines is 1. The Morgan fingerprint density at radius 1 is 1.37 bits per heavy atom. The molecule has 0 radical (unpaired) electrons. The van der Waals surface area contributed by atoms with Gasteiger partial charge in [-0.2, -0.15) is 5.10 Å². The van der Waals surface area contributed by atoms with E-state index in [2.05, 4.69) is 20.5 Å². The number of furan rings is 1. The fourth-order valence-corrected chi connectivity index (χ4v) is 2.41. The number of ether oxygens (including phenoxy) is 2. The van der Waals surface area contributed by atoms with E-state index in [0.717, 1.165) is 0 Å². The predicted molar refractivity (Wildman–Crippen MR) is 101 cm³/mol. The van der Waals surface area contributed by atoms with Crippen LogP contribution in [0.3, 0.4) is 0 Å². The zero-order valence-electron chi connectivity index (χ0n) is 15.2. The Morgan fingerprint density at radius 2 is 2.19 bits per heavy atom. The van der Waals surface area contributed by atoms with E-state index < -0.39 is 5.97 Å². The van der Waals surface area contributed by atoms with Gasteiger partial charge in [-0.1, -0.05) is 0 Å². The topological polar surface area (TPSA) is 108 Å². The number of esters is 2. The lowest BCUT2D eigenvalue weighted by atomic mass is 10.3. The maximum absolute atomic E-state index is 11.4. The summed E-state index contributed by atoms with van der Waals surface area (Å²) in [5.41, 5.74) is 0.706. The Morgan fingerprint density at radius 3 is 2.93 bits per heavy atom. The summed E-state index contributed by atoms with van der Waals surface area (Å²) < 4.78 is 16.5.